The highest BCUT2D eigenvalue weighted by atomic mass is 32.2. The molecule has 1 fully saturated rings. The van der Waals surface area contributed by atoms with E-state index in [0.29, 0.717) is 5.92 Å². The second kappa shape index (κ2) is 6.69. The Labute approximate surface area is 145 Å². The molecule has 4 rings (SSSR count). The van der Waals surface area contributed by atoms with Crippen LogP contribution < -0.4 is 0 Å². The van der Waals surface area contributed by atoms with Gasteiger partial charge in [-0.15, -0.1) is 11.8 Å². The lowest BCUT2D eigenvalue weighted by Crippen LogP contribution is -2.28. The highest BCUT2D eigenvalue weighted by Gasteiger charge is 2.27. The predicted octanol–water partition coefficient (Wildman–Crippen LogP) is 3.82. The third-order valence-electron chi connectivity index (χ3n) is 4.47. The van der Waals surface area contributed by atoms with Gasteiger partial charge in [0.15, 0.2) is 0 Å². The number of aromatic amines is 1. The van der Waals surface area contributed by atoms with Gasteiger partial charge in [0.25, 0.3) is 5.91 Å². The first-order chi connectivity index (χ1) is 11.8. The van der Waals surface area contributed by atoms with E-state index in [2.05, 4.69) is 34.2 Å². The first-order valence-electron chi connectivity index (χ1n) is 8.20. The van der Waals surface area contributed by atoms with Gasteiger partial charge < -0.3 is 9.88 Å². The van der Waals surface area contributed by atoms with Crippen LogP contribution >= 0.6 is 11.8 Å². The predicted molar refractivity (Wildman–Crippen MR) is 97.3 cm³/mol. The van der Waals surface area contributed by atoms with Gasteiger partial charge in [0.05, 0.1) is 17.4 Å². The van der Waals surface area contributed by atoms with E-state index < -0.39 is 0 Å². The average molecular weight is 337 g/mol. The van der Waals surface area contributed by atoms with Gasteiger partial charge in [-0.25, -0.2) is 4.98 Å². The van der Waals surface area contributed by atoms with Crippen molar-refractivity contribution in [1.29, 1.82) is 0 Å². The molecular weight excluding hydrogens is 318 g/mol. The third kappa shape index (κ3) is 3.17. The highest BCUT2D eigenvalue weighted by Crippen LogP contribution is 2.27. The fourth-order valence-electron chi connectivity index (χ4n) is 3.14. The Balaban J connectivity index is 1.38. The second-order valence-corrected chi connectivity index (χ2v) is 7.26. The van der Waals surface area contributed by atoms with Gasteiger partial charge in [-0.05, 0) is 42.7 Å². The molecule has 0 spiro atoms. The second-order valence-electron chi connectivity index (χ2n) is 6.16. The van der Waals surface area contributed by atoms with E-state index in [0.717, 1.165) is 41.9 Å². The molecule has 1 amide bonds. The lowest BCUT2D eigenvalue weighted by Gasteiger charge is -2.16. The summed E-state index contributed by atoms with van der Waals surface area (Å²) in [6.07, 6.45) is 2.74. The molecule has 4 nitrogen and oxygen atoms in total. The molecule has 3 aromatic rings. The van der Waals surface area contributed by atoms with E-state index in [4.69, 9.17) is 0 Å². The topological polar surface area (TPSA) is 49.0 Å². The van der Waals surface area contributed by atoms with E-state index in [9.17, 15) is 4.79 Å². The minimum atomic E-state index is 0.124. The van der Waals surface area contributed by atoms with Crippen molar-refractivity contribution in [2.45, 2.75) is 11.3 Å². The summed E-state index contributed by atoms with van der Waals surface area (Å²) in [4.78, 5) is 23.3. The van der Waals surface area contributed by atoms with Crippen LogP contribution in [0.25, 0.3) is 11.0 Å². The number of thioether (sulfide) groups is 1. The summed E-state index contributed by atoms with van der Waals surface area (Å²) in [6, 6.07) is 16.1. The zero-order valence-electron chi connectivity index (χ0n) is 13.3. The quantitative estimate of drug-likeness (QED) is 0.736. The van der Waals surface area contributed by atoms with Crippen LogP contribution in [-0.2, 0) is 0 Å². The summed E-state index contributed by atoms with van der Waals surface area (Å²) in [5.74, 6) is 1.75. The molecule has 0 bridgehead atoms. The Morgan fingerprint density at radius 2 is 2.12 bits per heavy atom. The molecule has 1 atom stereocenters. The number of aromatic nitrogens is 2. The van der Waals surface area contributed by atoms with Crippen molar-refractivity contribution in [2.75, 3.05) is 18.8 Å². The number of hydrogen-bond acceptors (Lipinski definition) is 3. The van der Waals surface area contributed by atoms with Crippen molar-refractivity contribution in [3.63, 3.8) is 0 Å². The van der Waals surface area contributed by atoms with E-state index in [-0.39, 0.29) is 5.91 Å². The van der Waals surface area contributed by atoms with Crippen LogP contribution in [0.4, 0.5) is 0 Å². The third-order valence-corrected chi connectivity index (χ3v) is 5.71. The molecule has 2 heterocycles. The van der Waals surface area contributed by atoms with Crippen molar-refractivity contribution in [3.05, 3.63) is 60.4 Å². The molecule has 2 aromatic carbocycles. The van der Waals surface area contributed by atoms with Crippen LogP contribution in [0.1, 0.15) is 16.8 Å². The molecule has 0 radical (unpaired) electrons. The Morgan fingerprint density at radius 1 is 1.25 bits per heavy atom. The van der Waals surface area contributed by atoms with Crippen LogP contribution in [0, 0.1) is 5.92 Å². The molecule has 1 saturated heterocycles. The number of carbonyl (C=O) groups excluding carboxylic acids is 1. The van der Waals surface area contributed by atoms with Gasteiger partial charge in [0.2, 0.25) is 0 Å². The minimum Gasteiger partial charge on any atom is -0.345 e. The lowest BCUT2D eigenvalue weighted by molar-refractivity contribution is 0.0788. The standard InChI is InChI=1S/C19H19N3OS/c23-19(15-6-7-17-18(10-15)21-13-20-17)22-9-8-14(11-22)12-24-16-4-2-1-3-5-16/h1-7,10,13-14H,8-9,11-12H2,(H,20,21). The van der Waals surface area contributed by atoms with E-state index >= 15 is 0 Å². The van der Waals surface area contributed by atoms with Gasteiger partial charge in [-0.2, -0.15) is 0 Å². The summed E-state index contributed by atoms with van der Waals surface area (Å²) in [7, 11) is 0. The van der Waals surface area contributed by atoms with Crippen molar-refractivity contribution in [1.82, 2.24) is 14.9 Å². The number of carbonyl (C=O) groups is 1. The molecule has 0 saturated carbocycles. The first-order valence-corrected chi connectivity index (χ1v) is 9.18. The SMILES string of the molecule is O=C(c1ccc2nc[nH]c2c1)N1CCC(CSc2ccccc2)C1. The fourth-order valence-corrected chi connectivity index (χ4v) is 4.18. The molecule has 24 heavy (non-hydrogen) atoms. The molecule has 1 N–H and O–H groups in total. The van der Waals surface area contributed by atoms with Gasteiger partial charge in [-0.3, -0.25) is 4.79 Å². The zero-order chi connectivity index (χ0) is 16.4. The Kier molecular flexibility index (Phi) is 4.26. The number of rotatable bonds is 4. The van der Waals surface area contributed by atoms with Gasteiger partial charge in [0.1, 0.15) is 0 Å². The van der Waals surface area contributed by atoms with Crippen LogP contribution in [0.2, 0.25) is 0 Å². The number of nitrogens with one attached hydrogen (secondary N) is 1. The van der Waals surface area contributed by atoms with Crippen molar-refractivity contribution in [3.8, 4) is 0 Å². The number of hydrogen-bond donors (Lipinski definition) is 1. The van der Waals surface area contributed by atoms with Crippen molar-refractivity contribution >= 4 is 28.7 Å². The number of likely N-dealkylation sites (tertiary alicyclic amines) is 1. The monoisotopic (exact) mass is 337 g/mol. The zero-order valence-corrected chi connectivity index (χ0v) is 14.1. The van der Waals surface area contributed by atoms with E-state index in [1.54, 1.807) is 6.33 Å². The molecule has 5 heteroatoms. The van der Waals surface area contributed by atoms with Crippen LogP contribution in [0.15, 0.2) is 59.8 Å². The van der Waals surface area contributed by atoms with Gasteiger partial charge in [0, 0.05) is 29.3 Å². The summed E-state index contributed by atoms with van der Waals surface area (Å²) in [5.41, 5.74) is 2.55. The smallest absolute Gasteiger partial charge is 0.253 e. The van der Waals surface area contributed by atoms with Crippen molar-refractivity contribution in [2.24, 2.45) is 5.92 Å². The number of H-pyrrole nitrogens is 1. The fraction of sp³-hybridized carbons (Fsp3) is 0.263. The largest absolute Gasteiger partial charge is 0.345 e. The molecule has 0 aliphatic carbocycles. The summed E-state index contributed by atoms with van der Waals surface area (Å²) in [6.45, 7) is 1.69. The summed E-state index contributed by atoms with van der Waals surface area (Å²) < 4.78 is 0. The lowest BCUT2D eigenvalue weighted by atomic mass is 10.1. The van der Waals surface area contributed by atoms with Gasteiger partial charge >= 0.3 is 0 Å². The Hall–Kier alpha value is -2.27. The van der Waals surface area contributed by atoms with Crippen molar-refractivity contribution < 1.29 is 4.79 Å². The summed E-state index contributed by atoms with van der Waals surface area (Å²) in [5, 5.41) is 0. The first kappa shape index (κ1) is 15.3. The molecule has 122 valence electrons. The molecule has 1 unspecified atom stereocenters. The molecule has 1 aromatic heterocycles. The minimum absolute atomic E-state index is 0.124. The number of fused-ring (bicyclic) bond motifs is 1. The highest BCUT2D eigenvalue weighted by molar-refractivity contribution is 7.99. The molecule has 1 aliphatic heterocycles. The van der Waals surface area contributed by atoms with E-state index in [1.165, 1.54) is 4.90 Å². The molecule has 1 aliphatic rings. The maximum absolute atomic E-state index is 12.7. The molecular formula is C19H19N3OS. The number of amides is 1. The Morgan fingerprint density at radius 3 is 3.00 bits per heavy atom. The van der Waals surface area contributed by atoms with E-state index in [1.807, 2.05) is 40.9 Å². The van der Waals surface area contributed by atoms with Gasteiger partial charge in [-0.1, -0.05) is 18.2 Å². The number of imidazole rings is 1. The maximum atomic E-state index is 12.7. The number of benzene rings is 2. The van der Waals surface area contributed by atoms with Crippen LogP contribution in [-0.4, -0.2) is 39.6 Å². The van der Waals surface area contributed by atoms with Crippen LogP contribution in [0.5, 0.6) is 0 Å². The normalized spacial score (nSPS) is 17.5. The Bertz CT molecular complexity index is 846. The number of nitrogens with zero attached hydrogens (tertiary/aromatic N) is 2. The maximum Gasteiger partial charge on any atom is 0.253 e. The van der Waals surface area contributed by atoms with Crippen LogP contribution in [0.3, 0.4) is 0 Å². The summed E-state index contributed by atoms with van der Waals surface area (Å²) >= 11 is 1.88. The average Bonchev–Trinajstić information content (AvgIpc) is 3.29.